The number of fused-ring (bicyclic) bond motifs is 1. The lowest BCUT2D eigenvalue weighted by atomic mass is 10.2. The highest BCUT2D eigenvalue weighted by atomic mass is 16.5. The maximum absolute atomic E-state index is 10.7. The SMILES string of the molecule is C=C/C=C\C(=C)Cn1c(C)cc2c(OCC(=O)O)cccc21. The van der Waals surface area contributed by atoms with E-state index in [1.165, 1.54) is 0 Å². The summed E-state index contributed by atoms with van der Waals surface area (Å²) in [7, 11) is 0. The van der Waals surface area contributed by atoms with Crippen molar-refractivity contribution in [3.05, 3.63) is 66.9 Å². The standard InChI is InChI=1S/C18H19NO3/c1-4-5-7-13(2)11-19-14(3)10-15-16(19)8-6-9-17(15)22-12-18(20)21/h4-10H,1-2,11-12H2,3H3,(H,20,21)/b7-5-. The maximum Gasteiger partial charge on any atom is 0.341 e. The number of hydrogen-bond donors (Lipinski definition) is 1. The van der Waals surface area contributed by atoms with E-state index in [-0.39, 0.29) is 6.61 Å². The molecule has 1 heterocycles. The van der Waals surface area contributed by atoms with Crippen molar-refractivity contribution in [2.24, 2.45) is 0 Å². The number of benzene rings is 1. The Morgan fingerprint density at radius 2 is 2.23 bits per heavy atom. The number of rotatable bonds is 7. The van der Waals surface area contributed by atoms with Gasteiger partial charge in [0.05, 0.1) is 5.52 Å². The number of carboxylic acids is 1. The van der Waals surface area contributed by atoms with Gasteiger partial charge < -0.3 is 14.4 Å². The van der Waals surface area contributed by atoms with E-state index in [4.69, 9.17) is 9.84 Å². The molecule has 0 unspecified atom stereocenters. The zero-order valence-electron chi connectivity index (χ0n) is 12.6. The van der Waals surface area contributed by atoms with Crippen LogP contribution < -0.4 is 4.74 Å². The first kappa shape index (κ1) is 15.6. The van der Waals surface area contributed by atoms with Crippen molar-refractivity contribution < 1.29 is 14.6 Å². The third kappa shape index (κ3) is 3.47. The fraction of sp³-hybridized carbons (Fsp3) is 0.167. The van der Waals surface area contributed by atoms with Gasteiger partial charge in [-0.15, -0.1) is 0 Å². The quantitative estimate of drug-likeness (QED) is 0.793. The highest BCUT2D eigenvalue weighted by molar-refractivity contribution is 5.88. The van der Waals surface area contributed by atoms with Crippen molar-refractivity contribution in [1.29, 1.82) is 0 Å². The van der Waals surface area contributed by atoms with E-state index in [2.05, 4.69) is 17.7 Å². The predicted octanol–water partition coefficient (Wildman–Crippen LogP) is 3.71. The predicted molar refractivity (Wildman–Crippen MR) is 88.3 cm³/mol. The molecule has 0 amide bonds. The fourth-order valence-electron chi connectivity index (χ4n) is 2.32. The largest absolute Gasteiger partial charge is 0.481 e. The van der Waals surface area contributed by atoms with Crippen molar-refractivity contribution >= 4 is 16.9 Å². The van der Waals surface area contributed by atoms with Gasteiger partial charge in [-0.1, -0.05) is 37.5 Å². The second kappa shape index (κ2) is 6.80. The van der Waals surface area contributed by atoms with Crippen molar-refractivity contribution in [1.82, 2.24) is 4.57 Å². The average Bonchev–Trinajstić information content (AvgIpc) is 2.79. The third-order valence-electron chi connectivity index (χ3n) is 3.29. The van der Waals surface area contributed by atoms with E-state index in [1.807, 2.05) is 37.3 Å². The Labute approximate surface area is 129 Å². The van der Waals surface area contributed by atoms with Crippen LogP contribution in [0.25, 0.3) is 10.9 Å². The van der Waals surface area contributed by atoms with Crippen LogP contribution in [0.3, 0.4) is 0 Å². The lowest BCUT2D eigenvalue weighted by Gasteiger charge is -2.09. The van der Waals surface area contributed by atoms with Gasteiger partial charge in [-0.25, -0.2) is 4.79 Å². The summed E-state index contributed by atoms with van der Waals surface area (Å²) in [6.07, 6.45) is 5.48. The highest BCUT2D eigenvalue weighted by Gasteiger charge is 2.11. The van der Waals surface area contributed by atoms with E-state index in [9.17, 15) is 4.79 Å². The summed E-state index contributed by atoms with van der Waals surface area (Å²) in [6.45, 7) is 9.99. The first-order valence-electron chi connectivity index (χ1n) is 6.93. The average molecular weight is 297 g/mol. The molecule has 2 aromatic rings. The minimum absolute atomic E-state index is 0.349. The number of carbonyl (C=O) groups is 1. The van der Waals surface area contributed by atoms with E-state index >= 15 is 0 Å². The van der Waals surface area contributed by atoms with Gasteiger partial charge in [-0.3, -0.25) is 0 Å². The van der Waals surface area contributed by atoms with Crippen LogP contribution in [-0.4, -0.2) is 22.2 Å². The molecule has 4 heteroatoms. The molecule has 22 heavy (non-hydrogen) atoms. The normalized spacial score (nSPS) is 11.0. The first-order chi connectivity index (χ1) is 10.5. The summed E-state index contributed by atoms with van der Waals surface area (Å²) in [5.41, 5.74) is 3.01. The van der Waals surface area contributed by atoms with Gasteiger partial charge in [0.1, 0.15) is 5.75 Å². The maximum atomic E-state index is 10.7. The molecule has 0 radical (unpaired) electrons. The van der Waals surface area contributed by atoms with Gasteiger partial charge in [0.15, 0.2) is 6.61 Å². The number of aliphatic carboxylic acids is 1. The molecule has 0 bridgehead atoms. The van der Waals surface area contributed by atoms with Crippen LogP contribution in [0.1, 0.15) is 5.69 Å². The van der Waals surface area contributed by atoms with Crippen molar-refractivity contribution in [2.75, 3.05) is 6.61 Å². The lowest BCUT2D eigenvalue weighted by molar-refractivity contribution is -0.139. The van der Waals surface area contributed by atoms with E-state index in [0.717, 1.165) is 22.2 Å². The smallest absolute Gasteiger partial charge is 0.341 e. The van der Waals surface area contributed by atoms with Gasteiger partial charge in [-0.05, 0) is 30.7 Å². The summed E-state index contributed by atoms with van der Waals surface area (Å²) in [5.74, 6) is -0.412. The van der Waals surface area contributed by atoms with Gasteiger partial charge >= 0.3 is 5.97 Å². The fourth-order valence-corrected chi connectivity index (χ4v) is 2.32. The zero-order chi connectivity index (χ0) is 16.1. The number of allylic oxidation sites excluding steroid dienone is 4. The number of aryl methyl sites for hydroxylation is 1. The number of hydrogen-bond acceptors (Lipinski definition) is 2. The summed E-state index contributed by atoms with van der Waals surface area (Å²) >= 11 is 0. The van der Waals surface area contributed by atoms with Crippen LogP contribution in [0.5, 0.6) is 5.75 Å². The van der Waals surface area contributed by atoms with Crippen molar-refractivity contribution in [3.8, 4) is 5.75 Å². The van der Waals surface area contributed by atoms with E-state index in [1.54, 1.807) is 12.1 Å². The molecule has 0 aliphatic rings. The Hall–Kier alpha value is -2.75. The third-order valence-corrected chi connectivity index (χ3v) is 3.29. The Balaban J connectivity index is 2.36. The van der Waals surface area contributed by atoms with Crippen LogP contribution in [0.2, 0.25) is 0 Å². The van der Waals surface area contributed by atoms with Crippen LogP contribution in [0, 0.1) is 6.92 Å². The molecule has 4 nitrogen and oxygen atoms in total. The second-order valence-electron chi connectivity index (χ2n) is 5.00. The Morgan fingerprint density at radius 1 is 1.45 bits per heavy atom. The molecule has 0 saturated carbocycles. The Morgan fingerprint density at radius 3 is 2.91 bits per heavy atom. The molecular formula is C18H19NO3. The zero-order valence-corrected chi connectivity index (χ0v) is 12.6. The first-order valence-corrected chi connectivity index (χ1v) is 6.93. The van der Waals surface area contributed by atoms with Crippen LogP contribution in [0.4, 0.5) is 0 Å². The molecule has 0 saturated heterocycles. The molecule has 0 atom stereocenters. The molecule has 0 spiro atoms. The van der Waals surface area contributed by atoms with Crippen molar-refractivity contribution in [3.63, 3.8) is 0 Å². The van der Waals surface area contributed by atoms with Gasteiger partial charge in [0, 0.05) is 17.6 Å². The van der Waals surface area contributed by atoms with Gasteiger partial charge in [0.25, 0.3) is 0 Å². The molecule has 1 N–H and O–H groups in total. The molecule has 114 valence electrons. The van der Waals surface area contributed by atoms with Crippen LogP contribution in [-0.2, 0) is 11.3 Å². The molecule has 0 aliphatic heterocycles. The summed E-state index contributed by atoms with van der Waals surface area (Å²) < 4.78 is 7.48. The minimum atomic E-state index is -0.990. The summed E-state index contributed by atoms with van der Waals surface area (Å²) in [4.78, 5) is 10.7. The Bertz CT molecular complexity index is 753. The van der Waals surface area contributed by atoms with Gasteiger partial charge in [0.2, 0.25) is 0 Å². The highest BCUT2D eigenvalue weighted by Crippen LogP contribution is 2.29. The number of ether oxygens (including phenoxy) is 1. The van der Waals surface area contributed by atoms with E-state index in [0.29, 0.717) is 12.3 Å². The Kier molecular flexibility index (Phi) is 4.84. The van der Waals surface area contributed by atoms with Crippen LogP contribution in [0.15, 0.2) is 61.2 Å². The second-order valence-corrected chi connectivity index (χ2v) is 5.00. The molecule has 0 fully saturated rings. The molecule has 1 aromatic heterocycles. The molecule has 2 rings (SSSR count). The monoisotopic (exact) mass is 297 g/mol. The van der Waals surface area contributed by atoms with Gasteiger partial charge in [-0.2, -0.15) is 0 Å². The number of carboxylic acid groups (broad SMARTS) is 1. The number of nitrogens with zero attached hydrogens (tertiary/aromatic N) is 1. The summed E-state index contributed by atoms with van der Waals surface area (Å²) in [5, 5.41) is 9.65. The summed E-state index contributed by atoms with van der Waals surface area (Å²) in [6, 6.07) is 7.62. The molecule has 1 aromatic carbocycles. The topological polar surface area (TPSA) is 51.5 Å². The molecular weight excluding hydrogens is 278 g/mol. The van der Waals surface area contributed by atoms with Crippen molar-refractivity contribution in [2.45, 2.75) is 13.5 Å². The minimum Gasteiger partial charge on any atom is -0.481 e. The molecule has 0 aliphatic carbocycles. The van der Waals surface area contributed by atoms with Crippen LogP contribution >= 0.6 is 0 Å². The van der Waals surface area contributed by atoms with E-state index < -0.39 is 5.97 Å². The lowest BCUT2D eigenvalue weighted by Crippen LogP contribution is -2.09. The number of aromatic nitrogens is 1.